The molecule has 0 saturated carbocycles. The maximum absolute atomic E-state index is 13.5. The highest BCUT2D eigenvalue weighted by Gasteiger charge is 2.35. The summed E-state index contributed by atoms with van der Waals surface area (Å²) in [4.78, 5) is 112. The highest BCUT2D eigenvalue weighted by Crippen LogP contribution is 2.11. The van der Waals surface area contributed by atoms with E-state index in [2.05, 4.69) is 26.6 Å². The quantitative estimate of drug-likeness (QED) is 0.0499. The molecule has 0 aromatic carbocycles. The van der Waals surface area contributed by atoms with Gasteiger partial charge in [0, 0.05) is 12.8 Å². The number of primary amides is 2. The SMILES string of the molecule is CC[C@H](C)[C@H](N)C(=O)N[C@@H](CC(=O)O)C(=O)N[C@@H](CCC(N)=O)C(=O)N[C@@H](CCC(N)=O)C(=O)N[C@H](C(=O)N[C@@H](CC(C)C)C(=O)O)C(C)C. The van der Waals surface area contributed by atoms with Crippen molar-refractivity contribution in [2.75, 3.05) is 0 Å². The van der Waals surface area contributed by atoms with Gasteiger partial charge in [0.2, 0.25) is 41.4 Å². The minimum Gasteiger partial charge on any atom is -0.481 e. The van der Waals surface area contributed by atoms with E-state index < -0.39 is 121 Å². The minimum absolute atomic E-state index is 0.0853. The predicted molar refractivity (Wildman–Crippen MR) is 178 cm³/mol. The number of hydrogen-bond donors (Lipinski definition) is 10. The van der Waals surface area contributed by atoms with Crippen LogP contribution in [0.2, 0.25) is 0 Å². The monoisotopic (exact) mass is 714 g/mol. The molecule has 284 valence electrons. The minimum atomic E-state index is -1.69. The van der Waals surface area contributed by atoms with E-state index in [-0.39, 0.29) is 24.7 Å². The van der Waals surface area contributed by atoms with E-state index in [0.29, 0.717) is 6.42 Å². The summed E-state index contributed by atoms with van der Waals surface area (Å²) in [6.45, 7) is 10.1. The van der Waals surface area contributed by atoms with Crippen molar-refractivity contribution in [1.29, 1.82) is 0 Å². The van der Waals surface area contributed by atoms with Crippen LogP contribution < -0.4 is 43.8 Å². The molecular weight excluding hydrogens is 660 g/mol. The van der Waals surface area contributed by atoms with Gasteiger partial charge in [-0.05, 0) is 37.0 Å². The van der Waals surface area contributed by atoms with Crippen molar-refractivity contribution in [2.24, 2.45) is 35.0 Å². The van der Waals surface area contributed by atoms with Gasteiger partial charge in [0.15, 0.2) is 0 Å². The average molecular weight is 715 g/mol. The highest BCUT2D eigenvalue weighted by molar-refractivity contribution is 5.97. The molecule has 0 unspecified atom stereocenters. The third-order valence-corrected chi connectivity index (χ3v) is 7.76. The fraction of sp³-hybridized carbons (Fsp3) is 0.710. The topological polar surface area (TPSA) is 332 Å². The standard InChI is InChI=1S/C31H54N8O11/c1-7-16(6)24(34)29(47)37-19(13-23(42)43)28(46)36-17(8-10-21(32)40)26(44)35-18(9-11-22(33)41)27(45)39-25(15(4)5)30(48)38-20(31(49)50)12-14(2)3/h14-20,24-25H,7-13,34H2,1-6H3,(H2,32,40)(H2,33,41)(H,35,44)(H,36,46)(H,37,47)(H,38,48)(H,39,45)(H,42,43)(H,49,50)/t16-,17-,18-,19-,20-,24-,25-/m0/s1. The summed E-state index contributed by atoms with van der Waals surface area (Å²) < 4.78 is 0. The van der Waals surface area contributed by atoms with Crippen molar-refractivity contribution < 1.29 is 53.4 Å². The molecule has 50 heavy (non-hydrogen) atoms. The van der Waals surface area contributed by atoms with Crippen LogP contribution in [0.4, 0.5) is 0 Å². The van der Waals surface area contributed by atoms with Gasteiger partial charge >= 0.3 is 11.9 Å². The number of nitrogens with two attached hydrogens (primary N) is 3. The molecule has 0 rings (SSSR count). The molecule has 0 aliphatic rings. The second-order valence-corrected chi connectivity index (χ2v) is 13.0. The van der Waals surface area contributed by atoms with Crippen molar-refractivity contribution in [3.63, 3.8) is 0 Å². The molecule has 19 nitrogen and oxygen atoms in total. The number of nitrogens with one attached hydrogen (secondary N) is 5. The summed E-state index contributed by atoms with van der Waals surface area (Å²) in [6, 6.07) is -8.44. The van der Waals surface area contributed by atoms with Gasteiger partial charge in [0.05, 0.1) is 12.5 Å². The third kappa shape index (κ3) is 17.0. The van der Waals surface area contributed by atoms with E-state index in [1.165, 1.54) is 0 Å². The van der Waals surface area contributed by atoms with Crippen LogP contribution >= 0.6 is 0 Å². The smallest absolute Gasteiger partial charge is 0.326 e. The van der Waals surface area contributed by atoms with Crippen LogP contribution in [0.25, 0.3) is 0 Å². The molecule has 0 fully saturated rings. The molecule has 0 aromatic heterocycles. The molecule has 0 bridgehead atoms. The number of carboxylic acids is 2. The maximum atomic E-state index is 13.5. The molecule has 0 heterocycles. The molecule has 7 atom stereocenters. The second kappa shape index (κ2) is 22.0. The molecule has 0 aliphatic carbocycles. The summed E-state index contributed by atoms with van der Waals surface area (Å²) in [7, 11) is 0. The molecule has 13 N–H and O–H groups in total. The third-order valence-electron chi connectivity index (χ3n) is 7.76. The Hall–Kier alpha value is -4.81. The van der Waals surface area contributed by atoms with Crippen molar-refractivity contribution in [1.82, 2.24) is 26.6 Å². The van der Waals surface area contributed by atoms with Crippen molar-refractivity contribution >= 4 is 53.3 Å². The number of hydrogen-bond acceptors (Lipinski definition) is 10. The number of amides is 7. The molecule has 0 aromatic rings. The first-order valence-corrected chi connectivity index (χ1v) is 16.4. The van der Waals surface area contributed by atoms with E-state index in [4.69, 9.17) is 17.2 Å². The van der Waals surface area contributed by atoms with Crippen LogP contribution in [0.5, 0.6) is 0 Å². The van der Waals surface area contributed by atoms with Crippen molar-refractivity contribution in [3.8, 4) is 0 Å². The molecule has 19 heteroatoms. The molecule has 7 amide bonds. The summed E-state index contributed by atoms with van der Waals surface area (Å²) in [5.41, 5.74) is 16.4. The number of carbonyl (C=O) groups is 9. The number of rotatable bonds is 24. The van der Waals surface area contributed by atoms with Crippen LogP contribution in [0.3, 0.4) is 0 Å². The molecule has 0 spiro atoms. The van der Waals surface area contributed by atoms with Gasteiger partial charge in [0.1, 0.15) is 30.2 Å². The summed E-state index contributed by atoms with van der Waals surface area (Å²) in [5.74, 6) is -10.2. The fourth-order valence-electron chi connectivity index (χ4n) is 4.56. The summed E-state index contributed by atoms with van der Waals surface area (Å²) in [6.07, 6.45) is -1.91. The average Bonchev–Trinajstić information content (AvgIpc) is 3.00. The Labute approximate surface area is 290 Å². The van der Waals surface area contributed by atoms with E-state index >= 15 is 0 Å². The van der Waals surface area contributed by atoms with Gasteiger partial charge in [-0.25, -0.2) is 4.79 Å². The lowest BCUT2D eigenvalue weighted by molar-refractivity contribution is -0.143. The molecular formula is C31H54N8O11. The fourth-order valence-corrected chi connectivity index (χ4v) is 4.56. The van der Waals surface area contributed by atoms with Gasteiger partial charge in [-0.2, -0.15) is 0 Å². The van der Waals surface area contributed by atoms with Crippen LogP contribution in [0, 0.1) is 17.8 Å². The van der Waals surface area contributed by atoms with Gasteiger partial charge in [-0.1, -0.05) is 48.0 Å². The Morgan fingerprint density at radius 1 is 0.600 bits per heavy atom. The maximum Gasteiger partial charge on any atom is 0.326 e. The van der Waals surface area contributed by atoms with Crippen LogP contribution in [0.1, 0.15) is 86.5 Å². The first-order chi connectivity index (χ1) is 23.1. The molecule has 0 aliphatic heterocycles. The Kier molecular flexibility index (Phi) is 19.9. The van der Waals surface area contributed by atoms with Crippen LogP contribution in [0.15, 0.2) is 0 Å². The zero-order chi connectivity index (χ0) is 38.9. The number of carbonyl (C=O) groups excluding carboxylic acids is 7. The normalized spacial score (nSPS) is 15.3. The van der Waals surface area contributed by atoms with Gasteiger partial charge in [-0.3, -0.25) is 38.4 Å². The Bertz CT molecular complexity index is 1240. The van der Waals surface area contributed by atoms with Crippen molar-refractivity contribution in [3.05, 3.63) is 0 Å². The lowest BCUT2D eigenvalue weighted by Gasteiger charge is -2.28. The first kappa shape index (κ1) is 45.2. The number of carboxylic acid groups (broad SMARTS) is 2. The number of aliphatic carboxylic acids is 2. The van der Waals surface area contributed by atoms with Gasteiger partial charge in [-0.15, -0.1) is 0 Å². The Morgan fingerprint density at radius 2 is 1.02 bits per heavy atom. The molecule has 0 saturated heterocycles. The van der Waals surface area contributed by atoms with Crippen LogP contribution in [-0.4, -0.2) is 99.8 Å². The van der Waals surface area contributed by atoms with Crippen LogP contribution in [-0.2, 0) is 43.2 Å². The first-order valence-electron chi connectivity index (χ1n) is 16.4. The lowest BCUT2D eigenvalue weighted by atomic mass is 9.99. The van der Waals surface area contributed by atoms with E-state index in [9.17, 15) is 53.4 Å². The zero-order valence-electron chi connectivity index (χ0n) is 29.4. The largest absolute Gasteiger partial charge is 0.481 e. The molecule has 0 radical (unpaired) electrons. The summed E-state index contributed by atoms with van der Waals surface area (Å²) in [5, 5.41) is 30.7. The van der Waals surface area contributed by atoms with Crippen molar-refractivity contribution in [2.45, 2.75) is 123 Å². The van der Waals surface area contributed by atoms with Gasteiger partial charge < -0.3 is 54.0 Å². The van der Waals surface area contributed by atoms with E-state index in [1.807, 2.05) is 0 Å². The second-order valence-electron chi connectivity index (χ2n) is 13.0. The highest BCUT2D eigenvalue weighted by atomic mass is 16.4. The summed E-state index contributed by atoms with van der Waals surface area (Å²) >= 11 is 0. The Morgan fingerprint density at radius 3 is 1.40 bits per heavy atom. The van der Waals surface area contributed by atoms with Gasteiger partial charge in [0.25, 0.3) is 0 Å². The Balaban J connectivity index is 6.27. The zero-order valence-corrected chi connectivity index (χ0v) is 29.4. The lowest BCUT2D eigenvalue weighted by Crippen LogP contribution is -2.60. The van der Waals surface area contributed by atoms with E-state index in [0.717, 1.165) is 0 Å². The van der Waals surface area contributed by atoms with E-state index in [1.54, 1.807) is 41.5 Å². The predicted octanol–water partition coefficient (Wildman–Crippen LogP) is -2.42.